The Hall–Kier alpha value is -1.36. The van der Waals surface area contributed by atoms with Gasteiger partial charge in [-0.05, 0) is 12.1 Å². The summed E-state index contributed by atoms with van der Waals surface area (Å²) in [6.45, 7) is -0.150. The Balaban J connectivity index is 2.60. The normalized spacial score (nSPS) is 9.50. The van der Waals surface area contributed by atoms with Crippen LogP contribution < -0.4 is 16.6 Å². The molecule has 0 atom stereocenters. The molecule has 0 saturated carbocycles. The van der Waals surface area contributed by atoms with Crippen molar-refractivity contribution >= 4 is 11.6 Å². The Morgan fingerprint density at radius 3 is 2.83 bits per heavy atom. The first-order valence-electron chi connectivity index (χ1n) is 3.60. The molecule has 0 bridgehead atoms. The van der Waals surface area contributed by atoms with Crippen LogP contribution in [0.1, 0.15) is 0 Å². The third-order valence-electron chi connectivity index (χ3n) is 1.30. The van der Waals surface area contributed by atoms with Gasteiger partial charge in [0.25, 0.3) is 0 Å². The number of pyridine rings is 1. The van der Waals surface area contributed by atoms with Gasteiger partial charge in [0.1, 0.15) is 18.3 Å². The molecule has 12 heavy (non-hydrogen) atoms. The Morgan fingerprint density at radius 1 is 1.42 bits per heavy atom. The molecule has 1 aromatic heterocycles. The minimum Gasteiger partial charge on any atom is -0.367 e. The number of halogens is 1. The van der Waals surface area contributed by atoms with E-state index in [2.05, 4.69) is 15.7 Å². The molecule has 0 unspecified atom stereocenters. The number of nitrogen functional groups attached to an aromatic ring is 1. The van der Waals surface area contributed by atoms with Gasteiger partial charge in [-0.25, -0.2) is 15.2 Å². The van der Waals surface area contributed by atoms with E-state index < -0.39 is 6.67 Å². The molecule has 0 saturated heterocycles. The smallest absolute Gasteiger partial charge is 0.142 e. The zero-order valence-electron chi connectivity index (χ0n) is 6.55. The first-order chi connectivity index (χ1) is 5.86. The van der Waals surface area contributed by atoms with Gasteiger partial charge in [0.2, 0.25) is 0 Å². The third kappa shape index (κ3) is 2.35. The molecule has 4 nitrogen and oxygen atoms in total. The maximum atomic E-state index is 11.7. The van der Waals surface area contributed by atoms with E-state index in [0.29, 0.717) is 11.6 Å². The lowest BCUT2D eigenvalue weighted by molar-refractivity contribution is 0.512. The summed E-state index contributed by atoms with van der Waals surface area (Å²) in [5.74, 6) is 6.30. The highest BCUT2D eigenvalue weighted by molar-refractivity contribution is 5.44. The van der Waals surface area contributed by atoms with Crippen molar-refractivity contribution in [3.8, 4) is 0 Å². The number of nitrogens with one attached hydrogen (secondary N) is 2. The van der Waals surface area contributed by atoms with E-state index in [1.54, 1.807) is 18.2 Å². The predicted octanol–water partition coefficient (Wildman–Crippen LogP) is 0.749. The second-order valence-electron chi connectivity index (χ2n) is 2.17. The fourth-order valence-electron chi connectivity index (χ4n) is 0.789. The Kier molecular flexibility index (Phi) is 3.28. The van der Waals surface area contributed by atoms with E-state index in [0.717, 1.165) is 0 Å². The van der Waals surface area contributed by atoms with Crippen LogP contribution in [0.25, 0.3) is 0 Å². The second kappa shape index (κ2) is 4.50. The molecular weight excluding hydrogens is 159 g/mol. The van der Waals surface area contributed by atoms with Gasteiger partial charge in [0.05, 0.1) is 0 Å². The number of aromatic nitrogens is 1. The highest BCUT2D eigenvalue weighted by Crippen LogP contribution is 2.06. The van der Waals surface area contributed by atoms with Gasteiger partial charge in [0.15, 0.2) is 0 Å². The lowest BCUT2D eigenvalue weighted by atomic mass is 10.4. The molecule has 0 radical (unpaired) electrons. The highest BCUT2D eigenvalue weighted by atomic mass is 19.1. The molecule has 66 valence electrons. The van der Waals surface area contributed by atoms with E-state index in [1.807, 2.05) is 0 Å². The SMILES string of the molecule is NNc1cccc(NCCF)n1. The van der Waals surface area contributed by atoms with Gasteiger partial charge in [-0.1, -0.05) is 6.07 Å². The van der Waals surface area contributed by atoms with E-state index in [4.69, 9.17) is 5.84 Å². The van der Waals surface area contributed by atoms with Crippen molar-refractivity contribution in [2.24, 2.45) is 5.84 Å². The summed E-state index contributed by atoms with van der Waals surface area (Å²) in [6, 6.07) is 5.25. The Bertz CT molecular complexity index is 241. The van der Waals surface area contributed by atoms with Crippen molar-refractivity contribution in [3.05, 3.63) is 18.2 Å². The quantitative estimate of drug-likeness (QED) is 0.461. The molecule has 4 N–H and O–H groups in total. The number of rotatable bonds is 4. The molecule has 0 aromatic carbocycles. The summed E-state index contributed by atoms with van der Waals surface area (Å²) >= 11 is 0. The molecule has 0 spiro atoms. The molecule has 1 aromatic rings. The number of nitrogens with zero attached hydrogens (tertiary/aromatic N) is 1. The number of hydrazine groups is 1. The summed E-state index contributed by atoms with van der Waals surface area (Å²) in [4.78, 5) is 4.01. The summed E-state index contributed by atoms with van der Waals surface area (Å²) in [5.41, 5.74) is 2.40. The van der Waals surface area contributed by atoms with E-state index >= 15 is 0 Å². The zero-order valence-corrected chi connectivity index (χ0v) is 6.55. The van der Waals surface area contributed by atoms with Crippen LogP contribution in [0.3, 0.4) is 0 Å². The van der Waals surface area contributed by atoms with Crippen LogP contribution in [0.15, 0.2) is 18.2 Å². The van der Waals surface area contributed by atoms with Crippen molar-refractivity contribution in [1.29, 1.82) is 0 Å². The van der Waals surface area contributed by atoms with Crippen LogP contribution in [0.5, 0.6) is 0 Å². The standard InChI is InChI=1S/C7H11FN4/c8-4-5-10-6-2-1-3-7(11-6)12-9/h1-3H,4-5,9H2,(H2,10,11,12). The molecule has 0 aliphatic heterocycles. The first kappa shape index (κ1) is 8.73. The highest BCUT2D eigenvalue weighted by Gasteiger charge is 1.93. The van der Waals surface area contributed by atoms with Crippen LogP contribution in [0, 0.1) is 0 Å². The molecule has 1 heterocycles. The molecular formula is C7H11FN4. The number of anilines is 2. The maximum Gasteiger partial charge on any atom is 0.142 e. The van der Waals surface area contributed by atoms with Crippen LogP contribution in [-0.2, 0) is 0 Å². The zero-order chi connectivity index (χ0) is 8.81. The molecule has 0 amide bonds. The molecule has 0 fully saturated rings. The maximum absolute atomic E-state index is 11.7. The van der Waals surface area contributed by atoms with Crippen molar-refractivity contribution in [1.82, 2.24) is 4.98 Å². The topological polar surface area (TPSA) is 63.0 Å². The van der Waals surface area contributed by atoms with Gasteiger partial charge < -0.3 is 10.7 Å². The predicted molar refractivity (Wildman–Crippen MR) is 46.5 cm³/mol. The third-order valence-corrected chi connectivity index (χ3v) is 1.30. The lowest BCUT2D eigenvalue weighted by Crippen LogP contribution is -2.10. The lowest BCUT2D eigenvalue weighted by Gasteiger charge is -2.04. The fourth-order valence-corrected chi connectivity index (χ4v) is 0.789. The minimum absolute atomic E-state index is 0.265. The van der Waals surface area contributed by atoms with E-state index in [1.165, 1.54) is 0 Å². The monoisotopic (exact) mass is 170 g/mol. The van der Waals surface area contributed by atoms with Crippen molar-refractivity contribution < 1.29 is 4.39 Å². The number of hydrogen-bond acceptors (Lipinski definition) is 4. The fraction of sp³-hybridized carbons (Fsp3) is 0.286. The first-order valence-corrected chi connectivity index (χ1v) is 3.60. The van der Waals surface area contributed by atoms with Gasteiger partial charge in [-0.15, -0.1) is 0 Å². The molecule has 1 rings (SSSR count). The van der Waals surface area contributed by atoms with Crippen molar-refractivity contribution in [2.45, 2.75) is 0 Å². The van der Waals surface area contributed by atoms with Crippen molar-refractivity contribution in [3.63, 3.8) is 0 Å². The van der Waals surface area contributed by atoms with Crippen molar-refractivity contribution in [2.75, 3.05) is 24.0 Å². The second-order valence-corrected chi connectivity index (χ2v) is 2.17. The van der Waals surface area contributed by atoms with Crippen LogP contribution in [0.2, 0.25) is 0 Å². The Labute approximate surface area is 70.0 Å². The van der Waals surface area contributed by atoms with Crippen LogP contribution in [0.4, 0.5) is 16.0 Å². The molecule has 0 aliphatic carbocycles. The van der Waals surface area contributed by atoms with Gasteiger partial charge in [-0.3, -0.25) is 0 Å². The van der Waals surface area contributed by atoms with E-state index in [9.17, 15) is 4.39 Å². The average Bonchev–Trinajstić information content (AvgIpc) is 2.15. The van der Waals surface area contributed by atoms with Crippen LogP contribution >= 0.6 is 0 Å². The summed E-state index contributed by atoms with van der Waals surface area (Å²) in [6.07, 6.45) is 0. The minimum atomic E-state index is -0.415. The number of hydrogen-bond donors (Lipinski definition) is 3. The van der Waals surface area contributed by atoms with Gasteiger partial charge >= 0.3 is 0 Å². The molecule has 5 heteroatoms. The van der Waals surface area contributed by atoms with Crippen LogP contribution in [-0.4, -0.2) is 18.2 Å². The number of alkyl halides is 1. The summed E-state index contributed by atoms with van der Waals surface area (Å²) < 4.78 is 11.7. The molecule has 0 aliphatic rings. The Morgan fingerprint density at radius 2 is 2.17 bits per heavy atom. The largest absolute Gasteiger partial charge is 0.367 e. The average molecular weight is 170 g/mol. The summed E-state index contributed by atoms with van der Waals surface area (Å²) in [7, 11) is 0. The number of nitrogens with two attached hydrogens (primary N) is 1. The van der Waals surface area contributed by atoms with Gasteiger partial charge in [0, 0.05) is 6.54 Å². The van der Waals surface area contributed by atoms with E-state index in [-0.39, 0.29) is 6.54 Å². The summed E-state index contributed by atoms with van der Waals surface area (Å²) in [5, 5.41) is 2.79. The van der Waals surface area contributed by atoms with Gasteiger partial charge in [-0.2, -0.15) is 0 Å².